The minimum atomic E-state index is -0.419. The highest BCUT2D eigenvalue weighted by atomic mass is 15.1. The highest BCUT2D eigenvalue weighted by Gasteiger charge is 2.43. The lowest BCUT2D eigenvalue weighted by molar-refractivity contribution is 0.714. The lowest BCUT2D eigenvalue weighted by Crippen LogP contribution is -2.23. The second-order valence-corrected chi connectivity index (χ2v) is 15.7. The third-order valence-electron chi connectivity index (χ3n) is 12.2. The van der Waals surface area contributed by atoms with Crippen molar-refractivity contribution in [1.29, 1.82) is 0 Å². The summed E-state index contributed by atoms with van der Waals surface area (Å²) in [6.45, 7) is 21.5. The van der Waals surface area contributed by atoms with Gasteiger partial charge in [-0.15, -0.1) is 0 Å². The molecule has 0 amide bonds. The van der Waals surface area contributed by atoms with Crippen molar-refractivity contribution in [3.05, 3.63) is 227 Å². The molecule has 0 heterocycles. The normalized spacial score (nSPS) is 15.2. The first-order valence-corrected chi connectivity index (χ1v) is 20.1. The van der Waals surface area contributed by atoms with Crippen molar-refractivity contribution in [2.75, 3.05) is 4.90 Å². The van der Waals surface area contributed by atoms with Crippen LogP contribution in [0.3, 0.4) is 0 Å². The maximum atomic E-state index is 4.13. The van der Waals surface area contributed by atoms with E-state index in [1.54, 1.807) is 0 Å². The molecule has 57 heavy (non-hydrogen) atoms. The topological polar surface area (TPSA) is 3.24 Å². The number of allylic oxidation sites excluding steroid dienone is 6. The molecule has 0 fully saturated rings. The third-order valence-corrected chi connectivity index (χ3v) is 12.2. The Kier molecular flexibility index (Phi) is 10.0. The van der Waals surface area contributed by atoms with Crippen LogP contribution >= 0.6 is 0 Å². The Balaban J connectivity index is 1.40. The van der Waals surface area contributed by atoms with Gasteiger partial charge in [-0.3, -0.25) is 0 Å². The molecule has 1 aliphatic rings. The van der Waals surface area contributed by atoms with E-state index in [-0.39, 0.29) is 0 Å². The largest absolute Gasteiger partial charge is 0.310 e. The van der Waals surface area contributed by atoms with Crippen molar-refractivity contribution >= 4 is 33.4 Å². The molecule has 1 aliphatic carbocycles. The highest BCUT2D eigenvalue weighted by Crippen LogP contribution is 2.57. The molecule has 0 aliphatic heterocycles. The van der Waals surface area contributed by atoms with Crippen LogP contribution in [0, 0.1) is 20.8 Å². The summed E-state index contributed by atoms with van der Waals surface area (Å²) < 4.78 is 0. The number of aryl methyl sites for hydroxylation is 3. The average Bonchev–Trinajstić information content (AvgIpc) is 3.50. The lowest BCUT2D eigenvalue weighted by atomic mass is 9.73. The van der Waals surface area contributed by atoms with Gasteiger partial charge < -0.3 is 4.90 Å². The summed E-state index contributed by atoms with van der Waals surface area (Å²) in [5.41, 5.74) is 20.6. The van der Waals surface area contributed by atoms with Gasteiger partial charge in [0.15, 0.2) is 0 Å². The number of rotatable bonds is 10. The fourth-order valence-electron chi connectivity index (χ4n) is 8.94. The zero-order valence-corrected chi connectivity index (χ0v) is 34.2. The molecule has 0 bridgehead atoms. The van der Waals surface area contributed by atoms with Gasteiger partial charge in [-0.05, 0) is 155 Å². The molecule has 1 atom stereocenters. The van der Waals surface area contributed by atoms with E-state index in [2.05, 4.69) is 211 Å². The van der Waals surface area contributed by atoms with Gasteiger partial charge in [0.2, 0.25) is 0 Å². The zero-order chi connectivity index (χ0) is 39.8. The lowest BCUT2D eigenvalue weighted by Gasteiger charge is -2.32. The number of hydrogen-bond acceptors (Lipinski definition) is 1. The second-order valence-electron chi connectivity index (χ2n) is 15.7. The molecule has 0 radical (unpaired) electrons. The van der Waals surface area contributed by atoms with Crippen LogP contribution < -0.4 is 4.90 Å². The molecular formula is C56H51N. The standard InChI is InChI=1S/C56H51N/c1-9-38(5)41(10-2)34-42(11-3)43-27-31-51-52(35-43)56(8,44-20-13-12-14-21-44)53-36-54(49-23-17-18-24-50(49)55(51)53)57(45-28-25-37(4)26-29-45)46-30-32-48(40(7)33-46)47-22-16-15-19-39(47)6/h9-10,12-36H,1-2,11H2,3-8H3/b41-38+,42-34+. The van der Waals surface area contributed by atoms with Crippen molar-refractivity contribution in [3.63, 3.8) is 0 Å². The van der Waals surface area contributed by atoms with Gasteiger partial charge in [0.25, 0.3) is 0 Å². The molecule has 1 heteroatoms. The molecule has 1 unspecified atom stereocenters. The first-order valence-electron chi connectivity index (χ1n) is 20.1. The van der Waals surface area contributed by atoms with Crippen LogP contribution in [0.1, 0.15) is 66.1 Å². The SMILES string of the molecule is C=C/C(C)=C(C=C)/C=C(\CC)c1ccc2c(c1)C(C)(c1ccccc1)c1cc(N(c3ccc(C)cc3)c3ccc(-c4ccccc4C)c(C)c3)c3ccccc3c1-2. The van der Waals surface area contributed by atoms with E-state index in [1.807, 2.05) is 12.2 Å². The molecular weight excluding hydrogens is 687 g/mol. The van der Waals surface area contributed by atoms with E-state index >= 15 is 0 Å². The molecule has 0 aromatic heterocycles. The number of fused-ring (bicyclic) bond motifs is 5. The molecule has 7 aromatic carbocycles. The maximum Gasteiger partial charge on any atom is 0.0543 e. The summed E-state index contributed by atoms with van der Waals surface area (Å²) in [5.74, 6) is 0. The summed E-state index contributed by atoms with van der Waals surface area (Å²) in [6.07, 6.45) is 7.04. The molecule has 0 saturated carbocycles. The highest BCUT2D eigenvalue weighted by molar-refractivity contribution is 6.10. The van der Waals surface area contributed by atoms with Crippen LogP contribution in [-0.4, -0.2) is 0 Å². The Morgan fingerprint density at radius 3 is 1.95 bits per heavy atom. The molecule has 8 rings (SSSR count). The van der Waals surface area contributed by atoms with Crippen LogP contribution in [0.15, 0.2) is 188 Å². The van der Waals surface area contributed by atoms with Crippen molar-refractivity contribution in [1.82, 2.24) is 0 Å². The second kappa shape index (κ2) is 15.2. The summed E-state index contributed by atoms with van der Waals surface area (Å²) in [7, 11) is 0. The minimum Gasteiger partial charge on any atom is -0.310 e. The third kappa shape index (κ3) is 6.48. The van der Waals surface area contributed by atoms with E-state index in [9.17, 15) is 0 Å². The number of benzene rings is 7. The molecule has 0 N–H and O–H groups in total. The monoisotopic (exact) mass is 737 g/mol. The first-order chi connectivity index (χ1) is 27.7. The van der Waals surface area contributed by atoms with Crippen LogP contribution in [-0.2, 0) is 5.41 Å². The Morgan fingerprint density at radius 2 is 1.26 bits per heavy atom. The summed E-state index contributed by atoms with van der Waals surface area (Å²) in [4.78, 5) is 2.47. The van der Waals surface area contributed by atoms with Gasteiger partial charge in [-0.25, -0.2) is 0 Å². The number of nitrogens with zero attached hydrogens (tertiary/aromatic N) is 1. The fourth-order valence-corrected chi connectivity index (χ4v) is 8.94. The van der Waals surface area contributed by atoms with Gasteiger partial charge in [0, 0.05) is 22.2 Å². The van der Waals surface area contributed by atoms with E-state index < -0.39 is 5.41 Å². The summed E-state index contributed by atoms with van der Waals surface area (Å²) >= 11 is 0. The Hall–Kier alpha value is -6.44. The quantitative estimate of drug-likeness (QED) is 0.126. The van der Waals surface area contributed by atoms with Crippen molar-refractivity contribution in [2.45, 2.75) is 53.4 Å². The summed E-state index contributed by atoms with van der Waals surface area (Å²) in [5, 5.41) is 2.48. The fraction of sp³-hybridized carbons (Fsp3) is 0.143. The van der Waals surface area contributed by atoms with Gasteiger partial charge in [-0.1, -0.05) is 153 Å². The number of anilines is 3. The van der Waals surface area contributed by atoms with E-state index in [1.165, 1.54) is 83.2 Å². The van der Waals surface area contributed by atoms with Crippen LogP contribution in [0.5, 0.6) is 0 Å². The molecule has 0 saturated heterocycles. The number of hydrogen-bond donors (Lipinski definition) is 0. The van der Waals surface area contributed by atoms with Gasteiger partial charge >= 0.3 is 0 Å². The van der Waals surface area contributed by atoms with Gasteiger partial charge in [0.1, 0.15) is 0 Å². The molecule has 0 spiro atoms. The van der Waals surface area contributed by atoms with Gasteiger partial charge in [-0.2, -0.15) is 0 Å². The predicted molar refractivity (Wildman–Crippen MR) is 247 cm³/mol. The van der Waals surface area contributed by atoms with E-state index in [0.29, 0.717) is 0 Å². The van der Waals surface area contributed by atoms with Crippen LogP contribution in [0.4, 0.5) is 17.1 Å². The van der Waals surface area contributed by atoms with Crippen molar-refractivity contribution in [3.8, 4) is 22.3 Å². The smallest absolute Gasteiger partial charge is 0.0543 e. The molecule has 280 valence electrons. The van der Waals surface area contributed by atoms with E-state index in [0.717, 1.165) is 28.9 Å². The van der Waals surface area contributed by atoms with Crippen molar-refractivity contribution < 1.29 is 0 Å². The first kappa shape index (κ1) is 37.5. The molecule has 7 aromatic rings. The van der Waals surface area contributed by atoms with Crippen molar-refractivity contribution in [2.24, 2.45) is 0 Å². The zero-order valence-electron chi connectivity index (χ0n) is 34.2. The van der Waals surface area contributed by atoms with Crippen LogP contribution in [0.25, 0.3) is 38.6 Å². The average molecular weight is 738 g/mol. The Labute approximate surface area is 339 Å². The predicted octanol–water partition coefficient (Wildman–Crippen LogP) is 15.7. The minimum absolute atomic E-state index is 0.419. The maximum absolute atomic E-state index is 4.13. The molecule has 1 nitrogen and oxygen atoms in total. The summed E-state index contributed by atoms with van der Waals surface area (Å²) in [6, 6.07) is 54.3. The van der Waals surface area contributed by atoms with E-state index in [4.69, 9.17) is 0 Å². The Morgan fingerprint density at radius 1 is 0.614 bits per heavy atom. The Bertz CT molecular complexity index is 2740. The van der Waals surface area contributed by atoms with Gasteiger partial charge in [0.05, 0.1) is 5.69 Å². The van der Waals surface area contributed by atoms with Crippen LogP contribution in [0.2, 0.25) is 0 Å².